The highest BCUT2D eigenvalue weighted by molar-refractivity contribution is 5.27. The van der Waals surface area contributed by atoms with Crippen molar-refractivity contribution < 1.29 is 9.47 Å². The predicted molar refractivity (Wildman–Crippen MR) is 71.4 cm³/mol. The summed E-state index contributed by atoms with van der Waals surface area (Å²) in [5.41, 5.74) is 1.38. The zero-order valence-corrected chi connectivity index (χ0v) is 11.2. The van der Waals surface area contributed by atoms with Gasteiger partial charge in [0.25, 0.3) is 0 Å². The Morgan fingerprint density at radius 3 is 2.29 bits per heavy atom. The summed E-state index contributed by atoms with van der Waals surface area (Å²) < 4.78 is 11.2. The number of benzene rings is 1. The summed E-state index contributed by atoms with van der Waals surface area (Å²) in [7, 11) is 0. The van der Waals surface area contributed by atoms with E-state index in [1.54, 1.807) is 0 Å². The van der Waals surface area contributed by atoms with Crippen molar-refractivity contribution in [3.8, 4) is 5.75 Å². The van der Waals surface area contributed by atoms with Gasteiger partial charge in [0.05, 0.1) is 0 Å². The van der Waals surface area contributed by atoms with Crippen LogP contribution in [0.1, 0.15) is 45.6 Å². The molecule has 1 unspecified atom stereocenters. The maximum atomic E-state index is 5.74. The number of ether oxygens (including phenoxy) is 2. The van der Waals surface area contributed by atoms with Crippen LogP contribution in [0.5, 0.6) is 5.75 Å². The lowest BCUT2D eigenvalue weighted by Gasteiger charge is -2.17. The van der Waals surface area contributed by atoms with Crippen LogP contribution in [0.25, 0.3) is 0 Å². The first-order chi connectivity index (χ1) is 8.30. The number of aryl methyl sites for hydroxylation is 1. The Kier molecular flexibility index (Phi) is 6.71. The Morgan fingerprint density at radius 2 is 1.76 bits per heavy atom. The molecule has 0 aliphatic carbocycles. The van der Waals surface area contributed by atoms with Crippen LogP contribution in [0.2, 0.25) is 0 Å². The molecule has 0 fully saturated rings. The molecule has 2 heteroatoms. The van der Waals surface area contributed by atoms with Crippen LogP contribution in [-0.4, -0.2) is 12.9 Å². The summed E-state index contributed by atoms with van der Waals surface area (Å²) in [4.78, 5) is 0. The van der Waals surface area contributed by atoms with Gasteiger partial charge in [0.15, 0.2) is 6.29 Å². The molecule has 1 aromatic rings. The average Bonchev–Trinajstić information content (AvgIpc) is 2.37. The minimum atomic E-state index is -0.124. The van der Waals surface area contributed by atoms with Gasteiger partial charge in [0.2, 0.25) is 0 Å². The molecule has 17 heavy (non-hydrogen) atoms. The third kappa shape index (κ3) is 5.22. The van der Waals surface area contributed by atoms with Crippen LogP contribution >= 0.6 is 0 Å². The van der Waals surface area contributed by atoms with Gasteiger partial charge in [-0.1, -0.05) is 32.4 Å². The molecule has 0 saturated carbocycles. The van der Waals surface area contributed by atoms with Crippen molar-refractivity contribution in [3.05, 3.63) is 29.8 Å². The molecule has 0 spiro atoms. The Bertz CT molecular complexity index is 292. The van der Waals surface area contributed by atoms with E-state index in [1.165, 1.54) is 18.4 Å². The molecule has 1 rings (SSSR count). The lowest BCUT2D eigenvalue weighted by molar-refractivity contribution is -0.0766. The van der Waals surface area contributed by atoms with Crippen molar-refractivity contribution >= 4 is 0 Å². The number of rotatable bonds is 8. The maximum Gasteiger partial charge on any atom is 0.199 e. The van der Waals surface area contributed by atoms with Gasteiger partial charge in [-0.25, -0.2) is 0 Å². The standard InChI is InChI=1S/C15H24O2/c1-4-7-8-13-9-11-14(12-10-13)17-15(5-2)16-6-3/h9-12,15H,4-8H2,1-3H3. The normalized spacial score (nSPS) is 12.4. The molecule has 0 heterocycles. The minimum Gasteiger partial charge on any atom is -0.465 e. The molecule has 1 atom stereocenters. The van der Waals surface area contributed by atoms with Gasteiger partial charge in [-0.15, -0.1) is 0 Å². The molecule has 0 bridgehead atoms. The van der Waals surface area contributed by atoms with E-state index in [4.69, 9.17) is 9.47 Å². The van der Waals surface area contributed by atoms with E-state index in [0.29, 0.717) is 6.61 Å². The van der Waals surface area contributed by atoms with Crippen LogP contribution in [0.3, 0.4) is 0 Å². The van der Waals surface area contributed by atoms with E-state index in [-0.39, 0.29) is 6.29 Å². The highest BCUT2D eigenvalue weighted by Gasteiger charge is 2.06. The lowest BCUT2D eigenvalue weighted by atomic mass is 10.1. The largest absolute Gasteiger partial charge is 0.465 e. The zero-order valence-electron chi connectivity index (χ0n) is 11.2. The van der Waals surface area contributed by atoms with Crippen molar-refractivity contribution in [1.29, 1.82) is 0 Å². The summed E-state index contributed by atoms with van der Waals surface area (Å²) in [6, 6.07) is 8.35. The first-order valence-electron chi connectivity index (χ1n) is 6.67. The van der Waals surface area contributed by atoms with Crippen molar-refractivity contribution in [3.63, 3.8) is 0 Å². The highest BCUT2D eigenvalue weighted by atomic mass is 16.7. The Labute approximate surface area is 105 Å². The van der Waals surface area contributed by atoms with Crippen LogP contribution in [0.15, 0.2) is 24.3 Å². The van der Waals surface area contributed by atoms with Crippen molar-refractivity contribution in [2.45, 2.75) is 52.7 Å². The number of hydrogen-bond acceptors (Lipinski definition) is 2. The summed E-state index contributed by atoms with van der Waals surface area (Å²) in [5.74, 6) is 0.894. The van der Waals surface area contributed by atoms with Crippen LogP contribution in [-0.2, 0) is 11.2 Å². The fraction of sp³-hybridized carbons (Fsp3) is 0.600. The Hall–Kier alpha value is -1.02. The second kappa shape index (κ2) is 8.13. The molecule has 0 amide bonds. The minimum absolute atomic E-state index is 0.124. The van der Waals surface area contributed by atoms with Gasteiger partial charge in [-0.2, -0.15) is 0 Å². The third-order valence-electron chi connectivity index (χ3n) is 2.70. The highest BCUT2D eigenvalue weighted by Crippen LogP contribution is 2.16. The van der Waals surface area contributed by atoms with Gasteiger partial charge < -0.3 is 9.47 Å². The Morgan fingerprint density at radius 1 is 1.06 bits per heavy atom. The van der Waals surface area contributed by atoms with Crippen molar-refractivity contribution in [2.75, 3.05) is 6.61 Å². The molecule has 1 aromatic carbocycles. The quantitative estimate of drug-likeness (QED) is 0.630. The van der Waals surface area contributed by atoms with Gasteiger partial charge >= 0.3 is 0 Å². The molecule has 0 N–H and O–H groups in total. The van der Waals surface area contributed by atoms with Crippen LogP contribution in [0.4, 0.5) is 0 Å². The first kappa shape index (κ1) is 14.0. The molecule has 0 saturated heterocycles. The summed E-state index contributed by atoms with van der Waals surface area (Å²) in [6.45, 7) is 6.95. The SMILES string of the molecule is CCCCc1ccc(OC(CC)OCC)cc1. The van der Waals surface area contributed by atoms with Gasteiger partial charge in [0, 0.05) is 13.0 Å². The van der Waals surface area contributed by atoms with Crippen molar-refractivity contribution in [2.24, 2.45) is 0 Å². The monoisotopic (exact) mass is 236 g/mol. The second-order valence-corrected chi connectivity index (χ2v) is 4.16. The number of unbranched alkanes of at least 4 members (excludes halogenated alkanes) is 1. The summed E-state index contributed by atoms with van der Waals surface area (Å²) >= 11 is 0. The van der Waals surface area contributed by atoms with Gasteiger partial charge in [0.1, 0.15) is 5.75 Å². The fourth-order valence-electron chi connectivity index (χ4n) is 1.69. The van der Waals surface area contributed by atoms with Gasteiger partial charge in [-0.05, 0) is 37.5 Å². The zero-order chi connectivity index (χ0) is 12.5. The molecule has 0 radical (unpaired) electrons. The van der Waals surface area contributed by atoms with Crippen LogP contribution < -0.4 is 4.74 Å². The van der Waals surface area contributed by atoms with E-state index >= 15 is 0 Å². The third-order valence-corrected chi connectivity index (χ3v) is 2.70. The topological polar surface area (TPSA) is 18.5 Å². The second-order valence-electron chi connectivity index (χ2n) is 4.16. The van der Waals surface area contributed by atoms with Crippen molar-refractivity contribution in [1.82, 2.24) is 0 Å². The maximum absolute atomic E-state index is 5.74. The summed E-state index contributed by atoms with van der Waals surface area (Å²) in [5, 5.41) is 0. The van der Waals surface area contributed by atoms with E-state index in [9.17, 15) is 0 Å². The molecule has 96 valence electrons. The molecular weight excluding hydrogens is 212 g/mol. The molecule has 0 aliphatic rings. The van der Waals surface area contributed by atoms with Crippen LogP contribution in [0, 0.1) is 0 Å². The average molecular weight is 236 g/mol. The van der Waals surface area contributed by atoms with E-state index in [2.05, 4.69) is 26.0 Å². The Balaban J connectivity index is 2.49. The van der Waals surface area contributed by atoms with E-state index < -0.39 is 0 Å². The lowest BCUT2D eigenvalue weighted by Crippen LogP contribution is -2.19. The smallest absolute Gasteiger partial charge is 0.199 e. The molecular formula is C15H24O2. The summed E-state index contributed by atoms with van der Waals surface area (Å²) in [6.07, 6.45) is 4.38. The van der Waals surface area contributed by atoms with E-state index in [0.717, 1.165) is 18.6 Å². The molecule has 2 nitrogen and oxygen atoms in total. The van der Waals surface area contributed by atoms with Gasteiger partial charge in [-0.3, -0.25) is 0 Å². The van der Waals surface area contributed by atoms with E-state index in [1.807, 2.05) is 19.1 Å². The number of hydrogen-bond donors (Lipinski definition) is 0. The molecule has 0 aromatic heterocycles. The molecule has 0 aliphatic heterocycles. The fourth-order valence-corrected chi connectivity index (χ4v) is 1.69. The first-order valence-corrected chi connectivity index (χ1v) is 6.67. The predicted octanol–water partition coefficient (Wildman–Crippen LogP) is 4.18.